The molecule has 0 atom stereocenters. The molecule has 3 heterocycles. The van der Waals surface area contributed by atoms with E-state index < -0.39 is 0 Å². The predicted octanol–water partition coefficient (Wildman–Crippen LogP) is 15.0. The van der Waals surface area contributed by atoms with Gasteiger partial charge in [0, 0.05) is 17.1 Å². The number of rotatable bonds is 3. The third-order valence-corrected chi connectivity index (χ3v) is 14.7. The van der Waals surface area contributed by atoms with Gasteiger partial charge in [0.25, 0.3) is 0 Å². The van der Waals surface area contributed by atoms with E-state index >= 15 is 0 Å². The van der Waals surface area contributed by atoms with Crippen molar-refractivity contribution < 1.29 is 20.1 Å². The predicted molar refractivity (Wildman–Crippen MR) is 259 cm³/mol. The SMILES string of the molecule is Cc1[c-]c(-c2nc(C)c(C)c(C)c2C)c(C)c(C)c1C.Cc1[c-]c(-c2nc(C)c(C)c(C)c2C)c(C)c(C)c1C.Cc1[c-]c(-c2nc(C)c(C)c(C)c2C)c(C)c(C)c1C.[Ir+3]. The Morgan fingerprint density at radius 3 is 0.590 bits per heavy atom. The van der Waals surface area contributed by atoms with Crippen molar-refractivity contribution in [3.05, 3.63) is 152 Å². The Hall–Kier alpha value is -4.24. The fraction of sp³-hybridized carbons (Fsp3) is 0.421. The monoisotopic (exact) mass is 992 g/mol. The number of aryl methyl sites for hydroxylation is 6. The second-order valence-corrected chi connectivity index (χ2v) is 17.8. The van der Waals surface area contributed by atoms with Gasteiger partial charge in [-0.05, 0) is 117 Å². The van der Waals surface area contributed by atoms with Crippen LogP contribution in [-0.2, 0) is 20.1 Å². The van der Waals surface area contributed by atoms with Crippen molar-refractivity contribution in [1.29, 1.82) is 0 Å². The molecule has 0 unspecified atom stereocenters. The summed E-state index contributed by atoms with van der Waals surface area (Å²) in [6.07, 6.45) is 0. The quantitative estimate of drug-likeness (QED) is 0.166. The summed E-state index contributed by atoms with van der Waals surface area (Å²) in [7, 11) is 0. The molecule has 0 fully saturated rings. The van der Waals surface area contributed by atoms with Gasteiger partial charge in [-0.1, -0.05) is 116 Å². The average Bonchev–Trinajstić information content (AvgIpc) is 3.22. The first-order valence-corrected chi connectivity index (χ1v) is 21.6. The van der Waals surface area contributed by atoms with Crippen LogP contribution in [0, 0.1) is 184 Å². The van der Waals surface area contributed by atoms with E-state index in [2.05, 4.69) is 184 Å². The van der Waals surface area contributed by atoms with Crippen molar-refractivity contribution in [2.45, 2.75) is 166 Å². The summed E-state index contributed by atoms with van der Waals surface area (Å²) in [6.45, 7) is 51.8. The third kappa shape index (κ3) is 9.87. The molecule has 0 aliphatic carbocycles. The summed E-state index contributed by atoms with van der Waals surface area (Å²) >= 11 is 0. The molecule has 0 N–H and O–H groups in total. The topological polar surface area (TPSA) is 38.7 Å². The zero-order chi connectivity index (χ0) is 45.6. The minimum Gasteiger partial charge on any atom is -0.301 e. The van der Waals surface area contributed by atoms with E-state index in [4.69, 9.17) is 15.0 Å². The molecule has 4 heteroatoms. The van der Waals surface area contributed by atoms with E-state index in [1.54, 1.807) is 0 Å². The molecular weight excluding hydrogens is 919 g/mol. The molecule has 0 saturated carbocycles. The smallest absolute Gasteiger partial charge is 0.301 e. The molecule has 324 valence electrons. The number of hydrogen-bond acceptors (Lipinski definition) is 3. The van der Waals surface area contributed by atoms with Crippen molar-refractivity contribution in [3.63, 3.8) is 0 Å². The Morgan fingerprint density at radius 1 is 0.213 bits per heavy atom. The Morgan fingerprint density at radius 2 is 0.393 bits per heavy atom. The zero-order valence-corrected chi connectivity index (χ0v) is 44.6. The van der Waals surface area contributed by atoms with Crippen LogP contribution in [0.25, 0.3) is 33.8 Å². The molecule has 3 aromatic carbocycles. The van der Waals surface area contributed by atoms with Crippen LogP contribution >= 0.6 is 0 Å². The minimum absolute atomic E-state index is 0. The second-order valence-electron chi connectivity index (χ2n) is 17.8. The molecule has 0 bridgehead atoms. The van der Waals surface area contributed by atoms with Crippen LogP contribution < -0.4 is 0 Å². The summed E-state index contributed by atoms with van der Waals surface area (Å²) in [6, 6.07) is 10.7. The van der Waals surface area contributed by atoms with Gasteiger partial charge in [-0.15, -0.1) is 102 Å². The van der Waals surface area contributed by atoms with Crippen molar-refractivity contribution in [2.75, 3.05) is 0 Å². The molecule has 6 aromatic rings. The molecule has 0 amide bonds. The molecule has 0 aliphatic rings. The van der Waals surface area contributed by atoms with Crippen molar-refractivity contribution in [2.24, 2.45) is 0 Å². The first-order chi connectivity index (χ1) is 27.8. The maximum absolute atomic E-state index is 4.84. The van der Waals surface area contributed by atoms with Crippen molar-refractivity contribution in [1.82, 2.24) is 15.0 Å². The van der Waals surface area contributed by atoms with Crippen LogP contribution in [0.4, 0.5) is 0 Å². The van der Waals surface area contributed by atoms with Crippen LogP contribution in [0.5, 0.6) is 0 Å². The van der Waals surface area contributed by atoms with E-state index in [-0.39, 0.29) is 20.1 Å². The van der Waals surface area contributed by atoms with Gasteiger partial charge < -0.3 is 15.0 Å². The Balaban J connectivity index is 0.000000242. The molecule has 0 spiro atoms. The molecule has 3 nitrogen and oxygen atoms in total. The summed E-state index contributed by atoms with van der Waals surface area (Å²) in [5.74, 6) is 0. The first kappa shape index (κ1) is 51.1. The van der Waals surface area contributed by atoms with Crippen LogP contribution in [0.2, 0.25) is 0 Å². The summed E-state index contributed by atoms with van der Waals surface area (Å²) in [5.41, 5.74) is 37.5. The van der Waals surface area contributed by atoms with Gasteiger partial charge >= 0.3 is 20.1 Å². The van der Waals surface area contributed by atoms with Gasteiger partial charge in [-0.3, -0.25) is 0 Å². The molecule has 61 heavy (non-hydrogen) atoms. The normalized spacial score (nSPS) is 10.8. The van der Waals surface area contributed by atoms with Gasteiger partial charge in [0.05, 0.1) is 0 Å². The van der Waals surface area contributed by atoms with E-state index in [1.165, 1.54) is 117 Å². The Kier molecular flexibility index (Phi) is 16.6. The standard InChI is InChI=1S/3C19H24N.Ir/c3*1-10-9-18(15(6)12(3)11(10)2)19-16(7)13(4)14(5)17(8)20-19;/h3*1-8H3;/q3*-1;+3. The maximum Gasteiger partial charge on any atom is 3.00 e. The van der Waals surface area contributed by atoms with Crippen LogP contribution in [0.15, 0.2) is 0 Å². The maximum atomic E-state index is 4.84. The number of hydrogen-bond donors (Lipinski definition) is 0. The Labute approximate surface area is 385 Å². The number of aromatic nitrogens is 3. The number of nitrogens with zero attached hydrogens (tertiary/aromatic N) is 3. The summed E-state index contributed by atoms with van der Waals surface area (Å²) in [4.78, 5) is 14.5. The van der Waals surface area contributed by atoms with E-state index in [9.17, 15) is 0 Å². The average molecular weight is 991 g/mol. The van der Waals surface area contributed by atoms with E-state index in [0.717, 1.165) is 50.9 Å². The fourth-order valence-corrected chi connectivity index (χ4v) is 8.01. The number of pyridine rings is 3. The number of benzene rings is 3. The molecular formula is C57H72IrN3. The molecule has 0 aliphatic heterocycles. The molecule has 0 saturated heterocycles. The fourth-order valence-electron chi connectivity index (χ4n) is 8.01. The van der Waals surface area contributed by atoms with E-state index in [1.807, 2.05) is 0 Å². The summed E-state index contributed by atoms with van der Waals surface area (Å²) < 4.78 is 0. The van der Waals surface area contributed by atoms with Crippen molar-refractivity contribution in [3.8, 4) is 33.8 Å². The third-order valence-electron chi connectivity index (χ3n) is 14.7. The van der Waals surface area contributed by atoms with Crippen LogP contribution in [-0.4, -0.2) is 15.0 Å². The van der Waals surface area contributed by atoms with Gasteiger partial charge in [0.15, 0.2) is 0 Å². The van der Waals surface area contributed by atoms with Gasteiger partial charge in [0.1, 0.15) is 0 Å². The van der Waals surface area contributed by atoms with Gasteiger partial charge in [-0.2, -0.15) is 0 Å². The molecule has 0 radical (unpaired) electrons. The van der Waals surface area contributed by atoms with Crippen molar-refractivity contribution >= 4 is 0 Å². The van der Waals surface area contributed by atoms with Crippen LogP contribution in [0.1, 0.15) is 134 Å². The summed E-state index contributed by atoms with van der Waals surface area (Å²) in [5, 5.41) is 0. The minimum atomic E-state index is 0. The largest absolute Gasteiger partial charge is 3.00 e. The van der Waals surface area contributed by atoms with E-state index in [0.29, 0.717) is 0 Å². The first-order valence-electron chi connectivity index (χ1n) is 21.6. The second kappa shape index (κ2) is 19.9. The Bertz CT molecular complexity index is 2200. The zero-order valence-electron chi connectivity index (χ0n) is 42.2. The molecule has 3 aromatic heterocycles. The van der Waals surface area contributed by atoms with Gasteiger partial charge in [-0.25, -0.2) is 0 Å². The van der Waals surface area contributed by atoms with Gasteiger partial charge in [0.2, 0.25) is 0 Å². The molecule has 6 rings (SSSR count). The van der Waals surface area contributed by atoms with Crippen LogP contribution in [0.3, 0.4) is 0 Å².